The Morgan fingerprint density at radius 3 is 2.44 bits per heavy atom. The number of carbonyl (C=O) groups is 1. The second-order valence-corrected chi connectivity index (χ2v) is 20.1. The van der Waals surface area contributed by atoms with Gasteiger partial charge in [-0.05, 0) is 101 Å². The zero-order valence-corrected chi connectivity index (χ0v) is 33.5. The molecule has 3 heterocycles. The summed E-state index contributed by atoms with van der Waals surface area (Å²) in [4.78, 5) is 22.7. The number of ether oxygens (including phenoxy) is 2. The molecule has 4 aliphatic carbocycles. The van der Waals surface area contributed by atoms with Gasteiger partial charge >= 0.3 is 5.97 Å². The van der Waals surface area contributed by atoms with Gasteiger partial charge in [-0.1, -0.05) is 80.9 Å². The van der Waals surface area contributed by atoms with Gasteiger partial charge in [0.1, 0.15) is 6.33 Å². The molecule has 1 aliphatic heterocycles. The van der Waals surface area contributed by atoms with Crippen LogP contribution in [0.25, 0.3) is 11.4 Å². The van der Waals surface area contributed by atoms with Crippen molar-refractivity contribution < 1.29 is 19.4 Å². The second kappa shape index (κ2) is 12.7. The minimum absolute atomic E-state index is 0.0999. The lowest BCUT2D eigenvalue weighted by molar-refractivity contribution is -0.253. The molecule has 9 heteroatoms. The van der Waals surface area contributed by atoms with E-state index in [2.05, 4.69) is 85.0 Å². The van der Waals surface area contributed by atoms with Crippen LogP contribution in [0.15, 0.2) is 42.5 Å². The fourth-order valence-electron chi connectivity index (χ4n) is 12.7. The highest BCUT2D eigenvalue weighted by Gasteiger charge is 2.72. The van der Waals surface area contributed by atoms with Gasteiger partial charge in [0.2, 0.25) is 0 Å². The van der Waals surface area contributed by atoms with E-state index in [1.807, 2.05) is 24.5 Å². The summed E-state index contributed by atoms with van der Waals surface area (Å²) in [5.41, 5.74) is 7.78. The third-order valence-corrected chi connectivity index (χ3v) is 16.4. The maximum absolute atomic E-state index is 13.6. The van der Waals surface area contributed by atoms with Crippen molar-refractivity contribution in [1.29, 1.82) is 0 Å². The molecule has 5 aliphatic rings. The van der Waals surface area contributed by atoms with Gasteiger partial charge in [0.25, 0.3) is 0 Å². The van der Waals surface area contributed by atoms with Crippen molar-refractivity contribution in [2.75, 3.05) is 19.8 Å². The van der Waals surface area contributed by atoms with Crippen LogP contribution in [0.1, 0.15) is 114 Å². The number of rotatable bonds is 8. The number of hydrogen-bond acceptors (Lipinski definition) is 7. The number of pyridine rings is 1. The van der Waals surface area contributed by atoms with E-state index < -0.39 is 22.7 Å². The van der Waals surface area contributed by atoms with Crippen molar-refractivity contribution in [2.24, 2.45) is 67.8 Å². The molecular formula is C43H65N5O4. The lowest BCUT2D eigenvalue weighted by Gasteiger charge is -2.71. The summed E-state index contributed by atoms with van der Waals surface area (Å²) < 4.78 is 16.2. The predicted molar refractivity (Wildman–Crippen MR) is 203 cm³/mol. The van der Waals surface area contributed by atoms with E-state index in [9.17, 15) is 9.90 Å². The summed E-state index contributed by atoms with van der Waals surface area (Å²) in [6.45, 7) is 24.5. The quantitative estimate of drug-likeness (QED) is 0.262. The highest BCUT2D eigenvalue weighted by atomic mass is 16.5. The second-order valence-electron chi connectivity index (χ2n) is 20.1. The number of allylic oxidation sites excluding steroid dienone is 1. The molecule has 52 heavy (non-hydrogen) atoms. The van der Waals surface area contributed by atoms with Crippen LogP contribution in [-0.2, 0) is 14.3 Å². The van der Waals surface area contributed by atoms with Crippen LogP contribution in [0.4, 0.5) is 0 Å². The van der Waals surface area contributed by atoms with E-state index in [1.54, 1.807) is 6.33 Å². The monoisotopic (exact) mass is 716 g/mol. The molecule has 2 aromatic rings. The lowest BCUT2D eigenvalue weighted by Crippen LogP contribution is -2.70. The molecule has 3 N–H and O–H groups in total. The van der Waals surface area contributed by atoms with E-state index in [0.717, 1.165) is 49.9 Å². The molecule has 1 saturated heterocycles. The minimum atomic E-state index is -0.634. The summed E-state index contributed by atoms with van der Waals surface area (Å²) >= 11 is 0. The van der Waals surface area contributed by atoms with Crippen LogP contribution in [0.2, 0.25) is 0 Å². The van der Waals surface area contributed by atoms with Crippen molar-refractivity contribution in [3.05, 3.63) is 42.5 Å². The van der Waals surface area contributed by atoms with E-state index >= 15 is 0 Å². The van der Waals surface area contributed by atoms with Crippen LogP contribution in [0.5, 0.6) is 0 Å². The number of hydrogen-bond donors (Lipinski definition) is 2. The number of nitrogens with zero attached hydrogens (tertiary/aromatic N) is 4. The average molecular weight is 716 g/mol. The van der Waals surface area contributed by atoms with Crippen LogP contribution >= 0.6 is 0 Å². The molecule has 9 nitrogen and oxygen atoms in total. The number of carboxylic acids is 1. The highest BCUT2D eigenvalue weighted by Crippen LogP contribution is 2.75. The van der Waals surface area contributed by atoms with E-state index in [-0.39, 0.29) is 45.8 Å². The van der Waals surface area contributed by atoms with Crippen molar-refractivity contribution in [2.45, 2.75) is 126 Å². The van der Waals surface area contributed by atoms with Gasteiger partial charge in [-0.25, -0.2) is 9.67 Å². The predicted octanol–water partition coefficient (Wildman–Crippen LogP) is 8.23. The van der Waals surface area contributed by atoms with Gasteiger partial charge in [-0.3, -0.25) is 9.78 Å². The van der Waals surface area contributed by atoms with E-state index in [0.29, 0.717) is 37.6 Å². The molecule has 286 valence electrons. The fraction of sp³-hybridized carbons (Fsp3) is 0.767. The maximum atomic E-state index is 13.6. The Balaban J connectivity index is 1.39. The Hall–Kier alpha value is -2.62. The van der Waals surface area contributed by atoms with Crippen molar-refractivity contribution in [3.8, 4) is 11.4 Å². The van der Waals surface area contributed by atoms with Crippen LogP contribution in [0.3, 0.4) is 0 Å². The van der Waals surface area contributed by atoms with Gasteiger partial charge in [-0.15, -0.1) is 0 Å². The number of carboxylic acid groups (broad SMARTS) is 1. The van der Waals surface area contributed by atoms with Gasteiger partial charge < -0.3 is 20.3 Å². The van der Waals surface area contributed by atoms with Crippen molar-refractivity contribution in [1.82, 2.24) is 19.7 Å². The molecule has 0 aromatic carbocycles. The molecule has 2 aromatic heterocycles. The van der Waals surface area contributed by atoms with Crippen molar-refractivity contribution in [3.63, 3.8) is 0 Å². The number of aromatic nitrogens is 4. The first-order chi connectivity index (χ1) is 24.3. The Morgan fingerprint density at radius 1 is 1.08 bits per heavy atom. The Morgan fingerprint density at radius 2 is 1.79 bits per heavy atom. The first-order valence-electron chi connectivity index (χ1n) is 20.0. The summed E-state index contributed by atoms with van der Waals surface area (Å²) in [6.07, 6.45) is 13.2. The number of aliphatic carboxylic acids is 1. The molecular weight excluding hydrogens is 651 g/mol. The molecule has 0 radical (unpaired) electrons. The van der Waals surface area contributed by atoms with Crippen molar-refractivity contribution >= 4 is 5.97 Å². The fourth-order valence-corrected chi connectivity index (χ4v) is 12.7. The lowest BCUT2D eigenvalue weighted by atomic mass is 9.34. The zero-order chi connectivity index (χ0) is 37.6. The van der Waals surface area contributed by atoms with Gasteiger partial charge in [0.05, 0.1) is 37.9 Å². The molecule has 2 bridgehead atoms. The molecule has 7 rings (SSSR count). The maximum Gasteiger partial charge on any atom is 0.307 e. The molecule has 0 unspecified atom stereocenters. The molecule has 0 amide bonds. The number of fused-ring (bicyclic) bond motifs is 3. The van der Waals surface area contributed by atoms with Crippen LogP contribution < -0.4 is 5.73 Å². The van der Waals surface area contributed by atoms with E-state index in [4.69, 9.17) is 25.3 Å². The smallest absolute Gasteiger partial charge is 0.307 e. The van der Waals surface area contributed by atoms with Crippen LogP contribution in [-0.4, -0.2) is 62.8 Å². The molecule has 4 fully saturated rings. The summed E-state index contributed by atoms with van der Waals surface area (Å²) in [5.74, 6) is 1.03. The van der Waals surface area contributed by atoms with Gasteiger partial charge in [0, 0.05) is 29.4 Å². The zero-order valence-electron chi connectivity index (χ0n) is 33.5. The summed E-state index contributed by atoms with van der Waals surface area (Å²) in [7, 11) is 0. The van der Waals surface area contributed by atoms with Crippen LogP contribution in [0, 0.1) is 62.1 Å². The SMILES string of the molecule is CC(C)[C@@H](C)[C@@]1(C)CC[C@]2(C)[C@H]3CC[C@@H]4[C@@]5(C)COC[C@@]4(C3=CC[C@@]2(C)[C@@H]1C(=O)O)[C@@H](OC[C@H](N)C(C)(C)C)[C@H](n1ncnc1-c1ccncc1)C5. The standard InChI is InChI=1S/C43H65N5O4/c1-26(2)27(3)40(8)17-18-41(9)29-11-12-32-39(7)21-31(48-36(46-25-47-48)28-14-19-45-20-15-28)35(52-22-33(44)38(4,5)6)43(32,24-51-23-39)30(29)13-16-42(41,10)34(40)37(49)50/h13-15,19-20,25-27,29,31-35H,11-12,16-18,21-24,44H2,1-10H3,(H,49,50)/t27-,29+,31-,32-,33+,34-,35+,39-,40-,41-,42+,43+/m1/s1. The molecule has 3 saturated carbocycles. The number of nitrogens with two attached hydrogens (primary N) is 1. The molecule has 12 atom stereocenters. The topological polar surface area (TPSA) is 125 Å². The third kappa shape index (κ3) is 5.32. The van der Waals surface area contributed by atoms with Gasteiger partial charge in [-0.2, -0.15) is 5.10 Å². The first kappa shape index (κ1) is 37.7. The Labute approximate surface area is 311 Å². The van der Waals surface area contributed by atoms with E-state index in [1.165, 1.54) is 5.57 Å². The normalized spacial score (nSPS) is 41.3. The largest absolute Gasteiger partial charge is 0.481 e. The first-order valence-corrected chi connectivity index (χ1v) is 20.0. The summed E-state index contributed by atoms with van der Waals surface area (Å²) in [6, 6.07) is 3.74. The Bertz CT molecular complexity index is 1690. The average Bonchev–Trinajstić information content (AvgIpc) is 3.57. The minimum Gasteiger partial charge on any atom is -0.481 e. The Kier molecular flexibility index (Phi) is 9.22. The van der Waals surface area contributed by atoms with Gasteiger partial charge in [0.15, 0.2) is 5.82 Å². The third-order valence-electron chi connectivity index (χ3n) is 16.4. The molecule has 0 spiro atoms. The highest BCUT2D eigenvalue weighted by molar-refractivity contribution is 5.73. The summed E-state index contributed by atoms with van der Waals surface area (Å²) in [5, 5.41) is 16.1.